The quantitative estimate of drug-likeness (QED) is 0.519. The summed E-state index contributed by atoms with van der Waals surface area (Å²) in [6, 6.07) is 13.2. The smallest absolute Gasteiger partial charge is 0.240 e. The van der Waals surface area contributed by atoms with Crippen LogP contribution in [-0.4, -0.2) is 45.5 Å². The minimum atomic E-state index is -0.376. The van der Waals surface area contributed by atoms with E-state index < -0.39 is 0 Å². The van der Waals surface area contributed by atoms with E-state index in [1.807, 2.05) is 47.4 Å². The molecule has 1 saturated heterocycles. The third-order valence-electron chi connectivity index (χ3n) is 5.64. The molecule has 1 fully saturated rings. The van der Waals surface area contributed by atoms with Crippen molar-refractivity contribution in [1.82, 2.24) is 19.9 Å². The van der Waals surface area contributed by atoms with Gasteiger partial charge in [-0.15, -0.1) is 0 Å². The molecule has 4 heterocycles. The second-order valence-electron chi connectivity index (χ2n) is 7.54. The van der Waals surface area contributed by atoms with Crippen LogP contribution in [0.4, 0.5) is 5.82 Å². The van der Waals surface area contributed by atoms with E-state index in [2.05, 4.69) is 9.97 Å². The third kappa shape index (κ3) is 3.46. The van der Waals surface area contributed by atoms with Gasteiger partial charge in [-0.3, -0.25) is 9.78 Å². The van der Waals surface area contributed by atoms with Gasteiger partial charge in [-0.25, -0.2) is 9.97 Å². The minimum absolute atomic E-state index is 0.335. The molecule has 156 valence electrons. The standard InChI is InChI=1S/C23H22N6O2/c1-31-16-5-2-4-15(12-16)18-13-17-22(26-18)27-21(14-7-9-25-10-8-14)28-23(17)29-11-3-6-19(29)20(24)30/h2,4-5,7-10,12-13,19H,3,6,11H2,1H3,(H2,24,30)(H,26,27,28)/t19-/m1/s1. The average Bonchev–Trinajstić information content (AvgIpc) is 3.46. The summed E-state index contributed by atoms with van der Waals surface area (Å²) in [6.07, 6.45) is 5.03. The molecule has 1 aliphatic heterocycles. The topological polar surface area (TPSA) is 110 Å². The molecule has 31 heavy (non-hydrogen) atoms. The van der Waals surface area contributed by atoms with E-state index in [9.17, 15) is 4.79 Å². The lowest BCUT2D eigenvalue weighted by Gasteiger charge is -2.24. The van der Waals surface area contributed by atoms with Gasteiger partial charge in [-0.1, -0.05) is 12.1 Å². The third-order valence-corrected chi connectivity index (χ3v) is 5.64. The van der Waals surface area contributed by atoms with Gasteiger partial charge in [0.25, 0.3) is 0 Å². The summed E-state index contributed by atoms with van der Waals surface area (Å²) in [6.45, 7) is 0.717. The Balaban J connectivity index is 1.70. The number of nitrogens with zero attached hydrogens (tertiary/aromatic N) is 4. The Morgan fingerprint density at radius 3 is 2.77 bits per heavy atom. The number of anilines is 1. The molecule has 3 N–H and O–H groups in total. The summed E-state index contributed by atoms with van der Waals surface area (Å²) in [5.74, 6) is 1.72. The molecule has 0 unspecified atom stereocenters. The first-order chi connectivity index (χ1) is 15.1. The molecular formula is C23H22N6O2. The number of carbonyl (C=O) groups is 1. The lowest BCUT2D eigenvalue weighted by molar-refractivity contribution is -0.119. The van der Waals surface area contributed by atoms with Crippen molar-refractivity contribution in [2.24, 2.45) is 5.73 Å². The van der Waals surface area contributed by atoms with Crippen LogP contribution >= 0.6 is 0 Å². The van der Waals surface area contributed by atoms with Crippen LogP contribution in [0.15, 0.2) is 54.9 Å². The van der Waals surface area contributed by atoms with E-state index in [1.165, 1.54) is 0 Å². The molecule has 0 bridgehead atoms. The molecule has 8 heteroatoms. The van der Waals surface area contributed by atoms with Crippen LogP contribution in [0, 0.1) is 0 Å². The Bertz CT molecular complexity index is 1250. The van der Waals surface area contributed by atoms with Crippen LogP contribution in [0.1, 0.15) is 12.8 Å². The van der Waals surface area contributed by atoms with Gasteiger partial charge in [0, 0.05) is 35.8 Å². The molecule has 4 aromatic rings. The van der Waals surface area contributed by atoms with Crippen LogP contribution in [0.5, 0.6) is 5.75 Å². The van der Waals surface area contributed by atoms with Crippen molar-refractivity contribution in [2.75, 3.05) is 18.6 Å². The molecule has 0 spiro atoms. The van der Waals surface area contributed by atoms with Crippen molar-refractivity contribution < 1.29 is 9.53 Å². The van der Waals surface area contributed by atoms with Gasteiger partial charge >= 0.3 is 0 Å². The number of rotatable bonds is 5. The monoisotopic (exact) mass is 414 g/mol. The number of fused-ring (bicyclic) bond motifs is 1. The number of benzene rings is 1. The average molecular weight is 414 g/mol. The summed E-state index contributed by atoms with van der Waals surface area (Å²) in [5.41, 5.74) is 9.11. The molecule has 0 saturated carbocycles. The predicted octanol–water partition coefficient (Wildman–Crippen LogP) is 3.15. The maximum Gasteiger partial charge on any atom is 0.240 e. The fourth-order valence-electron chi connectivity index (χ4n) is 4.10. The fraction of sp³-hybridized carbons (Fsp3) is 0.217. The first kappa shape index (κ1) is 19.0. The van der Waals surface area contributed by atoms with Crippen LogP contribution in [0.2, 0.25) is 0 Å². The Morgan fingerprint density at radius 1 is 1.16 bits per heavy atom. The van der Waals surface area contributed by atoms with Crippen LogP contribution in [0.25, 0.3) is 33.7 Å². The van der Waals surface area contributed by atoms with Gasteiger partial charge in [-0.05, 0) is 43.2 Å². The van der Waals surface area contributed by atoms with Gasteiger partial charge in [0.05, 0.1) is 12.5 Å². The molecule has 1 aromatic carbocycles. The van der Waals surface area contributed by atoms with Gasteiger partial charge in [0.1, 0.15) is 23.3 Å². The summed E-state index contributed by atoms with van der Waals surface area (Å²) in [5, 5.41) is 0.851. The molecule has 0 radical (unpaired) electrons. The Labute approximate surface area is 179 Å². The lowest BCUT2D eigenvalue weighted by Crippen LogP contribution is -2.40. The van der Waals surface area contributed by atoms with Crippen molar-refractivity contribution >= 4 is 22.8 Å². The maximum absolute atomic E-state index is 12.1. The van der Waals surface area contributed by atoms with E-state index in [0.717, 1.165) is 47.3 Å². The normalized spacial score (nSPS) is 16.0. The van der Waals surface area contributed by atoms with E-state index in [4.69, 9.17) is 20.4 Å². The highest BCUT2D eigenvalue weighted by molar-refractivity contribution is 5.95. The molecule has 1 amide bonds. The number of methoxy groups -OCH3 is 1. The van der Waals surface area contributed by atoms with Gasteiger partial charge in [0.2, 0.25) is 5.91 Å². The van der Waals surface area contributed by atoms with Crippen LogP contribution in [0.3, 0.4) is 0 Å². The highest BCUT2D eigenvalue weighted by atomic mass is 16.5. The zero-order chi connectivity index (χ0) is 21.4. The Hall–Kier alpha value is -3.94. The molecule has 1 aliphatic rings. The second kappa shape index (κ2) is 7.71. The van der Waals surface area contributed by atoms with Crippen molar-refractivity contribution in [3.8, 4) is 28.4 Å². The second-order valence-corrected chi connectivity index (χ2v) is 7.54. The number of hydrogen-bond donors (Lipinski definition) is 2. The molecule has 8 nitrogen and oxygen atoms in total. The number of ether oxygens (including phenoxy) is 1. The fourth-order valence-corrected chi connectivity index (χ4v) is 4.10. The van der Waals surface area contributed by atoms with E-state index in [-0.39, 0.29) is 11.9 Å². The highest BCUT2D eigenvalue weighted by Crippen LogP contribution is 2.35. The number of pyridine rings is 1. The van der Waals surface area contributed by atoms with Gasteiger partial charge < -0.3 is 20.4 Å². The van der Waals surface area contributed by atoms with Crippen LogP contribution in [-0.2, 0) is 4.79 Å². The first-order valence-corrected chi connectivity index (χ1v) is 10.2. The molecule has 0 aliphatic carbocycles. The van der Waals surface area contributed by atoms with Crippen LogP contribution < -0.4 is 15.4 Å². The van der Waals surface area contributed by atoms with Crippen molar-refractivity contribution in [3.63, 3.8) is 0 Å². The number of aromatic nitrogens is 4. The van der Waals surface area contributed by atoms with E-state index in [0.29, 0.717) is 17.3 Å². The Kier molecular flexibility index (Phi) is 4.74. The number of nitrogens with one attached hydrogen (secondary N) is 1. The molecule has 1 atom stereocenters. The predicted molar refractivity (Wildman–Crippen MR) is 119 cm³/mol. The van der Waals surface area contributed by atoms with Crippen molar-refractivity contribution in [3.05, 3.63) is 54.9 Å². The highest BCUT2D eigenvalue weighted by Gasteiger charge is 2.32. The molecular weight excluding hydrogens is 392 g/mol. The number of amides is 1. The number of hydrogen-bond acceptors (Lipinski definition) is 6. The minimum Gasteiger partial charge on any atom is -0.497 e. The zero-order valence-corrected chi connectivity index (χ0v) is 17.1. The lowest BCUT2D eigenvalue weighted by atomic mass is 10.1. The Morgan fingerprint density at radius 2 is 2.00 bits per heavy atom. The van der Waals surface area contributed by atoms with Gasteiger partial charge in [0.15, 0.2) is 5.82 Å². The number of H-pyrrole nitrogens is 1. The van der Waals surface area contributed by atoms with Crippen molar-refractivity contribution in [1.29, 1.82) is 0 Å². The molecule has 5 rings (SSSR count). The number of carbonyl (C=O) groups excluding carboxylic acids is 1. The number of aromatic amines is 1. The van der Waals surface area contributed by atoms with Gasteiger partial charge in [-0.2, -0.15) is 0 Å². The number of primary amides is 1. The maximum atomic E-state index is 12.1. The summed E-state index contributed by atoms with van der Waals surface area (Å²) < 4.78 is 5.37. The zero-order valence-electron chi connectivity index (χ0n) is 17.1. The van der Waals surface area contributed by atoms with E-state index >= 15 is 0 Å². The number of nitrogens with two attached hydrogens (primary N) is 1. The molecule has 3 aromatic heterocycles. The SMILES string of the molecule is COc1cccc(-c2cc3c(N4CCC[C@@H]4C(N)=O)nc(-c4ccncc4)nc3[nH]2)c1. The largest absolute Gasteiger partial charge is 0.497 e. The summed E-state index contributed by atoms with van der Waals surface area (Å²) in [7, 11) is 1.65. The van der Waals surface area contributed by atoms with Crippen molar-refractivity contribution in [2.45, 2.75) is 18.9 Å². The first-order valence-electron chi connectivity index (χ1n) is 10.2. The van der Waals surface area contributed by atoms with E-state index in [1.54, 1.807) is 19.5 Å². The summed E-state index contributed by atoms with van der Waals surface area (Å²) in [4.78, 5) is 31.2. The summed E-state index contributed by atoms with van der Waals surface area (Å²) >= 11 is 0.